The monoisotopic (exact) mass is 311 g/mol. The van der Waals surface area contributed by atoms with E-state index in [4.69, 9.17) is 10.5 Å². The molecule has 0 atom stereocenters. The lowest BCUT2D eigenvalue weighted by Crippen LogP contribution is -2.45. The third-order valence-electron chi connectivity index (χ3n) is 4.04. The minimum absolute atomic E-state index is 0.0134. The SMILES string of the molecule is COc1ccc(CC2(N)CCC(C)CC2)cc1Br. The molecule has 0 amide bonds. The summed E-state index contributed by atoms with van der Waals surface area (Å²) in [7, 11) is 1.69. The summed E-state index contributed by atoms with van der Waals surface area (Å²) in [4.78, 5) is 0. The third-order valence-corrected chi connectivity index (χ3v) is 4.66. The lowest BCUT2D eigenvalue weighted by atomic mass is 9.75. The van der Waals surface area contributed by atoms with Crippen molar-refractivity contribution in [2.24, 2.45) is 11.7 Å². The quantitative estimate of drug-likeness (QED) is 0.918. The van der Waals surface area contributed by atoms with Gasteiger partial charge < -0.3 is 10.5 Å². The number of rotatable bonds is 3. The molecule has 2 nitrogen and oxygen atoms in total. The first-order valence-electron chi connectivity index (χ1n) is 6.64. The summed E-state index contributed by atoms with van der Waals surface area (Å²) in [6.45, 7) is 2.32. The Labute approximate surface area is 118 Å². The van der Waals surface area contributed by atoms with Crippen LogP contribution in [0.4, 0.5) is 0 Å². The van der Waals surface area contributed by atoms with Crippen LogP contribution in [0.25, 0.3) is 0 Å². The summed E-state index contributed by atoms with van der Waals surface area (Å²) in [5, 5.41) is 0. The number of halogens is 1. The first-order chi connectivity index (χ1) is 8.52. The Hall–Kier alpha value is -0.540. The van der Waals surface area contributed by atoms with E-state index in [0.717, 1.165) is 35.4 Å². The highest BCUT2D eigenvalue weighted by Crippen LogP contribution is 2.34. The van der Waals surface area contributed by atoms with E-state index >= 15 is 0 Å². The topological polar surface area (TPSA) is 35.2 Å². The molecule has 0 saturated heterocycles. The zero-order valence-corrected chi connectivity index (χ0v) is 12.8. The van der Waals surface area contributed by atoms with Crippen molar-refractivity contribution in [3.63, 3.8) is 0 Å². The fourth-order valence-electron chi connectivity index (χ4n) is 2.74. The first-order valence-corrected chi connectivity index (χ1v) is 7.43. The highest BCUT2D eigenvalue weighted by Gasteiger charge is 2.30. The molecule has 1 aliphatic rings. The van der Waals surface area contributed by atoms with Gasteiger partial charge in [0.05, 0.1) is 11.6 Å². The number of methoxy groups -OCH3 is 1. The van der Waals surface area contributed by atoms with Gasteiger partial charge in [0.2, 0.25) is 0 Å². The summed E-state index contributed by atoms with van der Waals surface area (Å²) in [5.74, 6) is 1.71. The van der Waals surface area contributed by atoms with Crippen LogP contribution in [0.5, 0.6) is 5.75 Å². The predicted molar refractivity (Wildman–Crippen MR) is 78.9 cm³/mol. The normalized spacial score (nSPS) is 28.1. The lowest BCUT2D eigenvalue weighted by Gasteiger charge is -2.36. The van der Waals surface area contributed by atoms with Crippen molar-refractivity contribution in [2.45, 2.75) is 44.6 Å². The fourth-order valence-corrected chi connectivity index (χ4v) is 3.33. The Morgan fingerprint density at radius 2 is 2.06 bits per heavy atom. The molecule has 1 fully saturated rings. The molecule has 18 heavy (non-hydrogen) atoms. The summed E-state index contributed by atoms with van der Waals surface area (Å²) in [5.41, 5.74) is 7.81. The molecule has 100 valence electrons. The van der Waals surface area contributed by atoms with E-state index in [2.05, 4.69) is 35.0 Å². The standard InChI is InChI=1S/C15H22BrNO/c1-11-5-7-15(17,8-6-11)10-12-3-4-14(18-2)13(16)9-12/h3-4,9,11H,5-8,10,17H2,1-2H3. The lowest BCUT2D eigenvalue weighted by molar-refractivity contribution is 0.243. The molecule has 1 aromatic rings. The number of hydrogen-bond donors (Lipinski definition) is 1. The van der Waals surface area contributed by atoms with E-state index in [9.17, 15) is 0 Å². The van der Waals surface area contributed by atoms with Gasteiger partial charge in [-0.25, -0.2) is 0 Å². The van der Waals surface area contributed by atoms with E-state index < -0.39 is 0 Å². The van der Waals surface area contributed by atoms with E-state index in [1.807, 2.05) is 6.07 Å². The molecule has 1 aromatic carbocycles. The highest BCUT2D eigenvalue weighted by molar-refractivity contribution is 9.10. The Kier molecular flexibility index (Phi) is 4.33. The number of nitrogens with two attached hydrogens (primary N) is 1. The molecule has 1 saturated carbocycles. The van der Waals surface area contributed by atoms with E-state index in [-0.39, 0.29) is 5.54 Å². The van der Waals surface area contributed by atoms with E-state index in [0.29, 0.717) is 0 Å². The molecule has 2 N–H and O–H groups in total. The largest absolute Gasteiger partial charge is 0.496 e. The van der Waals surface area contributed by atoms with E-state index in [1.54, 1.807) is 7.11 Å². The highest BCUT2D eigenvalue weighted by atomic mass is 79.9. The van der Waals surface area contributed by atoms with Gasteiger partial charge in [-0.15, -0.1) is 0 Å². The van der Waals surface area contributed by atoms with Crippen molar-refractivity contribution in [3.05, 3.63) is 28.2 Å². The molecule has 1 aliphatic carbocycles. The first kappa shape index (κ1) is 13.9. The molecule has 0 heterocycles. The fraction of sp³-hybridized carbons (Fsp3) is 0.600. The molecule has 0 bridgehead atoms. The Morgan fingerprint density at radius 3 is 2.61 bits per heavy atom. The second kappa shape index (κ2) is 5.62. The van der Waals surface area contributed by atoms with Crippen molar-refractivity contribution >= 4 is 15.9 Å². The maximum atomic E-state index is 6.53. The maximum absolute atomic E-state index is 6.53. The molecule has 0 aromatic heterocycles. The summed E-state index contributed by atoms with van der Waals surface area (Å²) < 4.78 is 6.26. The van der Waals surface area contributed by atoms with Crippen LogP contribution in [-0.4, -0.2) is 12.6 Å². The smallest absolute Gasteiger partial charge is 0.133 e. The minimum atomic E-state index is -0.0134. The van der Waals surface area contributed by atoms with Crippen molar-refractivity contribution in [1.82, 2.24) is 0 Å². The number of hydrogen-bond acceptors (Lipinski definition) is 2. The van der Waals surface area contributed by atoms with E-state index in [1.165, 1.54) is 18.4 Å². The molecule has 0 unspecified atom stereocenters. The second-order valence-electron chi connectivity index (χ2n) is 5.69. The van der Waals surface area contributed by atoms with Crippen LogP contribution in [0, 0.1) is 5.92 Å². The molecule has 3 heteroatoms. The third kappa shape index (κ3) is 3.27. The van der Waals surface area contributed by atoms with Gasteiger partial charge in [-0.1, -0.05) is 13.0 Å². The average molecular weight is 312 g/mol. The predicted octanol–water partition coefficient (Wildman–Crippen LogP) is 3.91. The molecule has 2 rings (SSSR count). The van der Waals surface area contributed by atoms with Gasteiger partial charge in [-0.05, 0) is 71.6 Å². The summed E-state index contributed by atoms with van der Waals surface area (Å²) in [6.07, 6.45) is 5.75. The van der Waals surface area contributed by atoms with Gasteiger partial charge in [0, 0.05) is 5.54 Å². The van der Waals surface area contributed by atoms with Crippen LogP contribution in [-0.2, 0) is 6.42 Å². The van der Waals surface area contributed by atoms with Gasteiger partial charge in [0.25, 0.3) is 0 Å². The van der Waals surface area contributed by atoms with Crippen LogP contribution in [0.3, 0.4) is 0 Å². The van der Waals surface area contributed by atoms with Gasteiger partial charge in [-0.3, -0.25) is 0 Å². The zero-order valence-electron chi connectivity index (χ0n) is 11.2. The van der Waals surface area contributed by atoms with Crippen LogP contribution in [0.2, 0.25) is 0 Å². The molecular formula is C15H22BrNO. The van der Waals surface area contributed by atoms with Crippen LogP contribution >= 0.6 is 15.9 Å². The maximum Gasteiger partial charge on any atom is 0.133 e. The van der Waals surface area contributed by atoms with Crippen molar-refractivity contribution in [3.8, 4) is 5.75 Å². The van der Waals surface area contributed by atoms with Gasteiger partial charge in [0.1, 0.15) is 5.75 Å². The van der Waals surface area contributed by atoms with Gasteiger partial charge in [-0.2, -0.15) is 0 Å². The number of ether oxygens (including phenoxy) is 1. The van der Waals surface area contributed by atoms with Crippen molar-refractivity contribution in [1.29, 1.82) is 0 Å². The molecule has 0 radical (unpaired) electrons. The molecule has 0 spiro atoms. The zero-order chi connectivity index (χ0) is 13.2. The van der Waals surface area contributed by atoms with Crippen molar-refractivity contribution in [2.75, 3.05) is 7.11 Å². The van der Waals surface area contributed by atoms with Crippen LogP contribution in [0.15, 0.2) is 22.7 Å². The summed E-state index contributed by atoms with van der Waals surface area (Å²) in [6, 6.07) is 6.26. The Morgan fingerprint density at radius 1 is 1.39 bits per heavy atom. The minimum Gasteiger partial charge on any atom is -0.496 e. The second-order valence-corrected chi connectivity index (χ2v) is 6.54. The molecular weight excluding hydrogens is 290 g/mol. The van der Waals surface area contributed by atoms with Crippen molar-refractivity contribution < 1.29 is 4.74 Å². The molecule has 0 aliphatic heterocycles. The van der Waals surface area contributed by atoms with Crippen LogP contribution < -0.4 is 10.5 Å². The Bertz CT molecular complexity index is 411. The average Bonchev–Trinajstić information content (AvgIpc) is 2.34. The summed E-state index contributed by atoms with van der Waals surface area (Å²) >= 11 is 3.53. The van der Waals surface area contributed by atoms with Gasteiger partial charge in [0.15, 0.2) is 0 Å². The van der Waals surface area contributed by atoms with Crippen LogP contribution in [0.1, 0.15) is 38.2 Å². The van der Waals surface area contributed by atoms with Gasteiger partial charge >= 0.3 is 0 Å². The Balaban J connectivity index is 2.07. The number of benzene rings is 1.